The van der Waals surface area contributed by atoms with Crippen molar-refractivity contribution in [2.75, 3.05) is 13.1 Å². The molecule has 0 saturated carbocycles. The maximum atomic E-state index is 13.2. The van der Waals surface area contributed by atoms with Gasteiger partial charge in [-0.3, -0.25) is 14.4 Å². The van der Waals surface area contributed by atoms with Crippen molar-refractivity contribution in [3.05, 3.63) is 46.8 Å². The van der Waals surface area contributed by atoms with Gasteiger partial charge in [0.05, 0.1) is 17.5 Å². The number of fused-ring (bicyclic) bond motifs is 1. The number of nitrogens with zero attached hydrogens (tertiary/aromatic N) is 2. The van der Waals surface area contributed by atoms with Crippen molar-refractivity contribution in [1.82, 2.24) is 19.9 Å². The number of hydrogen-bond acceptors (Lipinski definition) is 8. The van der Waals surface area contributed by atoms with E-state index in [1.165, 1.54) is 17.5 Å². The minimum absolute atomic E-state index is 0.0567. The number of Topliss-reactive ketones (excluding diaryl/α,β-unsaturated/α-hetero) is 1. The minimum atomic E-state index is -3.87. The van der Waals surface area contributed by atoms with Crippen LogP contribution in [0.3, 0.4) is 0 Å². The number of nitrogens with one attached hydrogen (secondary N) is 2. The van der Waals surface area contributed by atoms with E-state index in [1.54, 1.807) is 11.4 Å². The number of hydrogen-bond donors (Lipinski definition) is 2. The molecule has 1 fully saturated rings. The predicted octanol–water partition coefficient (Wildman–Crippen LogP) is 3.04. The molecule has 3 heterocycles. The monoisotopic (exact) mass is 548 g/mol. The average Bonchev–Trinajstić information content (AvgIpc) is 3.49. The van der Waals surface area contributed by atoms with Crippen molar-refractivity contribution in [3.8, 4) is 0 Å². The van der Waals surface area contributed by atoms with E-state index in [9.17, 15) is 22.8 Å². The molecule has 0 unspecified atom stereocenters. The first-order valence-corrected chi connectivity index (χ1v) is 14.8. The molecule has 0 spiro atoms. The van der Waals surface area contributed by atoms with Crippen LogP contribution in [0.1, 0.15) is 42.8 Å². The molecule has 12 heteroatoms. The minimum Gasteiger partial charge on any atom is -0.344 e. The molecule has 0 aliphatic carbocycles. The summed E-state index contributed by atoms with van der Waals surface area (Å²) in [6, 6.07) is 7.81. The van der Waals surface area contributed by atoms with Crippen molar-refractivity contribution in [2.45, 2.75) is 49.5 Å². The van der Waals surface area contributed by atoms with Gasteiger partial charge >= 0.3 is 0 Å². The molecule has 1 aliphatic rings. The molecule has 2 amide bonds. The first-order valence-electron chi connectivity index (χ1n) is 11.7. The summed E-state index contributed by atoms with van der Waals surface area (Å²) in [5, 5.41) is 8.13. The first-order chi connectivity index (χ1) is 17.1. The van der Waals surface area contributed by atoms with Crippen LogP contribution in [-0.2, 0) is 19.6 Å². The molecule has 0 radical (unpaired) electrons. The van der Waals surface area contributed by atoms with Crippen molar-refractivity contribution < 1.29 is 22.8 Å². The van der Waals surface area contributed by atoms with Crippen molar-refractivity contribution >= 4 is 60.4 Å². The Balaban J connectivity index is 1.44. The van der Waals surface area contributed by atoms with Crippen LogP contribution in [-0.4, -0.2) is 60.5 Å². The summed E-state index contributed by atoms with van der Waals surface area (Å²) in [6.07, 6.45) is 2.52. The molecule has 1 aliphatic heterocycles. The van der Waals surface area contributed by atoms with Gasteiger partial charge in [0.2, 0.25) is 10.2 Å². The van der Waals surface area contributed by atoms with E-state index in [1.807, 2.05) is 38.1 Å². The molecular formula is C24H28N4O5S3. The van der Waals surface area contributed by atoms with E-state index < -0.39 is 28.0 Å². The third-order valence-electron chi connectivity index (χ3n) is 5.89. The Morgan fingerprint density at radius 1 is 1.25 bits per heavy atom. The number of carbonyl (C=O) groups is 3. The van der Waals surface area contributed by atoms with Crippen LogP contribution in [0.5, 0.6) is 0 Å². The lowest BCUT2D eigenvalue weighted by Gasteiger charge is -2.23. The molecule has 2 atom stereocenters. The van der Waals surface area contributed by atoms with Crippen molar-refractivity contribution in [2.24, 2.45) is 5.92 Å². The molecule has 192 valence electrons. The van der Waals surface area contributed by atoms with Gasteiger partial charge in [-0.25, -0.2) is 13.4 Å². The summed E-state index contributed by atoms with van der Waals surface area (Å²) in [5.41, 5.74) is 0. The highest BCUT2D eigenvalue weighted by molar-refractivity contribution is 7.91. The summed E-state index contributed by atoms with van der Waals surface area (Å²) in [4.78, 5) is 43.5. The highest BCUT2D eigenvalue weighted by Gasteiger charge is 2.35. The predicted molar refractivity (Wildman–Crippen MR) is 140 cm³/mol. The zero-order valence-electron chi connectivity index (χ0n) is 20.0. The second-order valence-corrected chi connectivity index (χ2v) is 13.2. The molecule has 1 aromatic carbocycles. The molecule has 3 aromatic rings. The number of aromatic nitrogens is 1. The fourth-order valence-corrected chi connectivity index (χ4v) is 7.48. The summed E-state index contributed by atoms with van der Waals surface area (Å²) < 4.78 is 27.7. The van der Waals surface area contributed by atoms with Gasteiger partial charge in [0.25, 0.3) is 15.9 Å². The molecule has 2 aromatic heterocycles. The Morgan fingerprint density at radius 3 is 2.72 bits per heavy atom. The molecule has 2 N–H and O–H groups in total. The highest BCUT2D eigenvalue weighted by Crippen LogP contribution is 2.25. The van der Waals surface area contributed by atoms with Crippen LogP contribution < -0.4 is 10.6 Å². The molecule has 1 saturated heterocycles. The SMILES string of the molecule is CC(C)C[C@H](NC(=O)c1cc2ccccc2s1)C(=O)N[C@H]1CCCN(S(=O)(=O)c2nccs2)CC1=O. The lowest BCUT2D eigenvalue weighted by molar-refractivity contribution is -0.129. The smallest absolute Gasteiger partial charge is 0.270 e. The van der Waals surface area contributed by atoms with Crippen LogP contribution in [0.2, 0.25) is 0 Å². The molecule has 9 nitrogen and oxygen atoms in total. The summed E-state index contributed by atoms with van der Waals surface area (Å²) in [6.45, 7) is 3.72. The number of rotatable bonds is 8. The van der Waals surface area contributed by atoms with Gasteiger partial charge in [0, 0.05) is 22.8 Å². The van der Waals surface area contributed by atoms with E-state index in [0.29, 0.717) is 24.1 Å². The molecule has 4 rings (SSSR count). The Labute approximate surface area is 218 Å². The molecule has 36 heavy (non-hydrogen) atoms. The van der Waals surface area contributed by atoms with E-state index >= 15 is 0 Å². The number of amides is 2. The van der Waals surface area contributed by atoms with Gasteiger partial charge in [0.1, 0.15) is 6.04 Å². The Hall–Kier alpha value is -2.67. The standard InChI is InChI=1S/C24H28N4O5S3/c1-15(2)12-18(27-23(31)21-13-16-6-3-4-8-20(16)35-21)22(30)26-17-7-5-10-28(14-19(17)29)36(32,33)24-25-9-11-34-24/h3-4,6,8-9,11,13,15,17-18H,5,7,10,12,14H2,1-2H3,(H,26,30)(H,27,31)/t17-,18-/m0/s1. The van der Waals surface area contributed by atoms with Gasteiger partial charge < -0.3 is 10.6 Å². The maximum Gasteiger partial charge on any atom is 0.270 e. The van der Waals surface area contributed by atoms with Gasteiger partial charge in [-0.15, -0.1) is 22.7 Å². The highest BCUT2D eigenvalue weighted by atomic mass is 32.2. The van der Waals surface area contributed by atoms with Crippen LogP contribution in [0.4, 0.5) is 0 Å². The van der Waals surface area contributed by atoms with Crippen LogP contribution in [0.15, 0.2) is 46.2 Å². The molecular weight excluding hydrogens is 520 g/mol. The zero-order chi connectivity index (χ0) is 25.9. The summed E-state index contributed by atoms with van der Waals surface area (Å²) >= 11 is 2.35. The lowest BCUT2D eigenvalue weighted by atomic mass is 10.0. The number of benzene rings is 1. The quantitative estimate of drug-likeness (QED) is 0.446. The normalized spacial score (nSPS) is 18.2. The van der Waals surface area contributed by atoms with Gasteiger partial charge in [0.15, 0.2) is 5.78 Å². The van der Waals surface area contributed by atoms with Crippen LogP contribution in [0, 0.1) is 5.92 Å². The Bertz CT molecular complexity index is 1320. The first kappa shape index (κ1) is 26.4. The fourth-order valence-electron chi connectivity index (χ4n) is 4.10. The number of thiazole rings is 1. The fraction of sp³-hybridized carbons (Fsp3) is 0.417. The lowest BCUT2D eigenvalue weighted by Crippen LogP contribution is -2.52. The Kier molecular flexibility index (Phi) is 8.18. The van der Waals surface area contributed by atoms with E-state index in [2.05, 4.69) is 15.6 Å². The third kappa shape index (κ3) is 6.00. The van der Waals surface area contributed by atoms with E-state index in [0.717, 1.165) is 25.7 Å². The topological polar surface area (TPSA) is 126 Å². The average molecular weight is 549 g/mol. The summed E-state index contributed by atoms with van der Waals surface area (Å²) in [7, 11) is -3.87. The number of carbonyl (C=O) groups excluding carboxylic acids is 3. The number of thiophene rings is 1. The van der Waals surface area contributed by atoms with E-state index in [-0.39, 0.29) is 35.0 Å². The number of ketones is 1. The Morgan fingerprint density at radius 2 is 2.03 bits per heavy atom. The van der Waals surface area contributed by atoms with E-state index in [4.69, 9.17) is 0 Å². The maximum absolute atomic E-state index is 13.2. The molecule has 0 bridgehead atoms. The van der Waals surface area contributed by atoms with Crippen LogP contribution >= 0.6 is 22.7 Å². The summed E-state index contributed by atoms with van der Waals surface area (Å²) in [5.74, 6) is -1.06. The largest absolute Gasteiger partial charge is 0.344 e. The second-order valence-electron chi connectivity index (χ2n) is 9.11. The van der Waals surface area contributed by atoms with Crippen molar-refractivity contribution in [1.29, 1.82) is 0 Å². The van der Waals surface area contributed by atoms with Gasteiger partial charge in [-0.1, -0.05) is 32.0 Å². The van der Waals surface area contributed by atoms with Gasteiger partial charge in [-0.2, -0.15) is 4.31 Å². The second kappa shape index (κ2) is 11.2. The third-order valence-corrected chi connectivity index (χ3v) is 10.0. The zero-order valence-corrected chi connectivity index (χ0v) is 22.4. The number of sulfonamides is 1. The van der Waals surface area contributed by atoms with Crippen LogP contribution in [0.25, 0.3) is 10.1 Å². The van der Waals surface area contributed by atoms with Crippen molar-refractivity contribution in [3.63, 3.8) is 0 Å². The van der Waals surface area contributed by atoms with Gasteiger partial charge in [-0.05, 0) is 42.7 Å².